The number of nitrogens with one attached hydrogen (secondary N) is 1. The van der Waals surface area contributed by atoms with Crippen LogP contribution >= 0.6 is 11.3 Å². The van der Waals surface area contributed by atoms with Crippen molar-refractivity contribution >= 4 is 33.3 Å². The van der Waals surface area contributed by atoms with Gasteiger partial charge in [0.05, 0.1) is 18.6 Å². The standard InChI is InChI=1S/C22H31N5O3S/c23-20(29)16(28)11-13-1-6-17-18(13)19-21(24-12-25-22(19)31-17)26-14-2-4-15(5-3-14)27-7-9-30-10-8-27/h12-16,28H,1-11H2,(H2,23,29)(H,24,25,26)/t13-,14?,15?,16-/m1/s1. The molecule has 0 radical (unpaired) electrons. The number of aromatic nitrogens is 2. The lowest BCUT2D eigenvalue weighted by Gasteiger charge is -2.39. The molecule has 3 aliphatic rings. The van der Waals surface area contributed by atoms with Crippen molar-refractivity contribution in [2.75, 3.05) is 31.6 Å². The summed E-state index contributed by atoms with van der Waals surface area (Å²) in [5.41, 5.74) is 6.52. The number of primary amides is 1. The molecule has 8 nitrogen and oxygen atoms in total. The second kappa shape index (κ2) is 8.97. The Morgan fingerprint density at radius 2 is 2.03 bits per heavy atom. The van der Waals surface area contributed by atoms with Crippen LogP contribution in [-0.2, 0) is 16.0 Å². The summed E-state index contributed by atoms with van der Waals surface area (Å²) in [4.78, 5) is 25.4. The summed E-state index contributed by atoms with van der Waals surface area (Å²) >= 11 is 1.71. The molecule has 3 heterocycles. The summed E-state index contributed by atoms with van der Waals surface area (Å²) in [6, 6.07) is 1.07. The summed E-state index contributed by atoms with van der Waals surface area (Å²) < 4.78 is 5.50. The van der Waals surface area contributed by atoms with E-state index in [1.165, 1.54) is 23.3 Å². The zero-order valence-electron chi connectivity index (χ0n) is 17.8. The van der Waals surface area contributed by atoms with Crippen LogP contribution in [0.4, 0.5) is 5.82 Å². The molecule has 0 unspecified atom stereocenters. The zero-order valence-corrected chi connectivity index (χ0v) is 18.6. The van der Waals surface area contributed by atoms with Gasteiger partial charge in [-0.2, -0.15) is 0 Å². The van der Waals surface area contributed by atoms with Gasteiger partial charge in [-0.1, -0.05) is 0 Å². The van der Waals surface area contributed by atoms with Crippen molar-refractivity contribution in [1.29, 1.82) is 0 Å². The second-order valence-corrected chi connectivity index (χ2v) is 10.1. The number of aliphatic hydroxyl groups excluding tert-OH is 1. The molecule has 0 spiro atoms. The van der Waals surface area contributed by atoms with E-state index in [1.54, 1.807) is 17.7 Å². The molecule has 1 saturated heterocycles. The van der Waals surface area contributed by atoms with Crippen molar-refractivity contribution in [2.24, 2.45) is 5.73 Å². The predicted molar refractivity (Wildman–Crippen MR) is 120 cm³/mol. The molecule has 1 saturated carbocycles. The van der Waals surface area contributed by atoms with Gasteiger partial charge in [-0.05, 0) is 56.4 Å². The Balaban J connectivity index is 1.31. The zero-order chi connectivity index (χ0) is 21.4. The molecule has 2 aliphatic carbocycles. The molecule has 0 aromatic carbocycles. The first kappa shape index (κ1) is 21.1. The van der Waals surface area contributed by atoms with Crippen LogP contribution in [-0.4, -0.2) is 70.4 Å². The van der Waals surface area contributed by atoms with Crippen molar-refractivity contribution in [3.63, 3.8) is 0 Å². The Kier molecular flexibility index (Phi) is 6.10. The molecule has 31 heavy (non-hydrogen) atoms. The minimum Gasteiger partial charge on any atom is -0.383 e. The Bertz CT molecular complexity index is 937. The highest BCUT2D eigenvalue weighted by Gasteiger charge is 2.33. The number of anilines is 1. The van der Waals surface area contributed by atoms with Crippen LogP contribution in [0.2, 0.25) is 0 Å². The first-order valence-corrected chi connectivity index (χ1v) is 12.2. The molecule has 4 N–H and O–H groups in total. The maximum Gasteiger partial charge on any atom is 0.246 e. The third-order valence-electron chi connectivity index (χ3n) is 7.17. The molecule has 5 rings (SSSR count). The van der Waals surface area contributed by atoms with Gasteiger partial charge in [-0.3, -0.25) is 9.69 Å². The fraction of sp³-hybridized carbons (Fsp3) is 0.682. The van der Waals surface area contributed by atoms with E-state index in [4.69, 9.17) is 10.5 Å². The lowest BCUT2D eigenvalue weighted by molar-refractivity contribution is -0.126. The van der Waals surface area contributed by atoms with E-state index >= 15 is 0 Å². The van der Waals surface area contributed by atoms with Crippen molar-refractivity contribution in [2.45, 2.75) is 69.1 Å². The number of carbonyl (C=O) groups is 1. The van der Waals surface area contributed by atoms with Crippen molar-refractivity contribution in [3.05, 3.63) is 16.8 Å². The van der Waals surface area contributed by atoms with E-state index < -0.39 is 12.0 Å². The quantitative estimate of drug-likeness (QED) is 0.623. The molecule has 2 fully saturated rings. The lowest BCUT2D eigenvalue weighted by atomic mass is 9.89. The Labute approximate surface area is 186 Å². The van der Waals surface area contributed by atoms with E-state index in [0.717, 1.165) is 68.0 Å². The molecular weight excluding hydrogens is 414 g/mol. The minimum atomic E-state index is -1.11. The fourth-order valence-electron chi connectivity index (χ4n) is 5.52. The van der Waals surface area contributed by atoms with Crippen LogP contribution in [0.25, 0.3) is 10.2 Å². The number of morpholine rings is 1. The second-order valence-electron chi connectivity index (χ2n) is 9.03. The highest BCUT2D eigenvalue weighted by Crippen LogP contribution is 2.47. The number of ether oxygens (including phenoxy) is 1. The average Bonchev–Trinajstić information content (AvgIpc) is 3.35. The average molecular weight is 446 g/mol. The number of nitrogens with two attached hydrogens (primary N) is 1. The van der Waals surface area contributed by atoms with Crippen molar-refractivity contribution in [3.8, 4) is 0 Å². The molecule has 0 bridgehead atoms. The number of hydrogen-bond donors (Lipinski definition) is 3. The van der Waals surface area contributed by atoms with E-state index in [9.17, 15) is 9.90 Å². The van der Waals surface area contributed by atoms with E-state index in [-0.39, 0.29) is 5.92 Å². The molecule has 2 aromatic rings. The molecule has 2 aromatic heterocycles. The number of thiophene rings is 1. The summed E-state index contributed by atoms with van der Waals surface area (Å²) in [5, 5.41) is 14.9. The van der Waals surface area contributed by atoms with E-state index in [2.05, 4.69) is 20.2 Å². The van der Waals surface area contributed by atoms with Gasteiger partial charge in [0.15, 0.2) is 0 Å². The lowest BCUT2D eigenvalue weighted by Crippen LogP contribution is -2.46. The van der Waals surface area contributed by atoms with E-state index in [0.29, 0.717) is 18.5 Å². The normalized spacial score (nSPS) is 27.8. The summed E-state index contributed by atoms with van der Waals surface area (Å²) in [6.07, 6.45) is 7.44. The number of amides is 1. The van der Waals surface area contributed by atoms with Gasteiger partial charge in [0, 0.05) is 30.1 Å². The number of aliphatic hydroxyl groups is 1. The maximum absolute atomic E-state index is 11.4. The van der Waals surface area contributed by atoms with Gasteiger partial charge >= 0.3 is 0 Å². The first-order chi connectivity index (χ1) is 15.1. The largest absolute Gasteiger partial charge is 0.383 e. The molecule has 1 amide bonds. The molecule has 9 heteroatoms. The monoisotopic (exact) mass is 445 g/mol. The van der Waals surface area contributed by atoms with Crippen LogP contribution in [0.3, 0.4) is 0 Å². The Hall–Kier alpha value is -1.81. The number of fused-ring (bicyclic) bond motifs is 3. The van der Waals surface area contributed by atoms with Crippen LogP contribution in [0.1, 0.15) is 54.9 Å². The van der Waals surface area contributed by atoms with Gasteiger partial charge in [0.2, 0.25) is 5.91 Å². The Morgan fingerprint density at radius 1 is 1.26 bits per heavy atom. The highest BCUT2D eigenvalue weighted by molar-refractivity contribution is 7.19. The highest BCUT2D eigenvalue weighted by atomic mass is 32.1. The third-order valence-corrected chi connectivity index (χ3v) is 8.34. The van der Waals surface area contributed by atoms with Gasteiger partial charge in [-0.15, -0.1) is 11.3 Å². The van der Waals surface area contributed by atoms with Gasteiger partial charge < -0.3 is 20.9 Å². The minimum absolute atomic E-state index is 0.120. The smallest absolute Gasteiger partial charge is 0.246 e. The topological polar surface area (TPSA) is 114 Å². The molecule has 2 atom stereocenters. The van der Waals surface area contributed by atoms with Crippen molar-refractivity contribution in [1.82, 2.24) is 14.9 Å². The van der Waals surface area contributed by atoms with Gasteiger partial charge in [-0.25, -0.2) is 9.97 Å². The van der Waals surface area contributed by atoms with Crippen LogP contribution < -0.4 is 11.1 Å². The Morgan fingerprint density at radius 3 is 2.77 bits per heavy atom. The van der Waals surface area contributed by atoms with E-state index in [1.807, 2.05) is 0 Å². The number of hydrogen-bond acceptors (Lipinski definition) is 8. The predicted octanol–water partition coefficient (Wildman–Crippen LogP) is 2.01. The number of nitrogens with zero attached hydrogens (tertiary/aromatic N) is 3. The van der Waals surface area contributed by atoms with Crippen LogP contribution in [0.5, 0.6) is 0 Å². The van der Waals surface area contributed by atoms with Gasteiger partial charge in [0.1, 0.15) is 23.1 Å². The summed E-state index contributed by atoms with van der Waals surface area (Å²) in [6.45, 7) is 3.81. The maximum atomic E-state index is 11.4. The molecule has 168 valence electrons. The molecular formula is C22H31N5O3S. The van der Waals surface area contributed by atoms with Crippen LogP contribution in [0.15, 0.2) is 6.33 Å². The number of carbonyl (C=O) groups excluding carboxylic acids is 1. The number of aryl methyl sites for hydroxylation is 1. The number of rotatable bonds is 6. The van der Waals surface area contributed by atoms with Crippen molar-refractivity contribution < 1.29 is 14.6 Å². The fourth-order valence-corrected chi connectivity index (χ4v) is 6.76. The summed E-state index contributed by atoms with van der Waals surface area (Å²) in [5.74, 6) is 0.368. The van der Waals surface area contributed by atoms with Gasteiger partial charge in [0.25, 0.3) is 0 Å². The SMILES string of the molecule is NC(=O)[C@H](O)C[C@H]1CCc2sc3ncnc(NC4CCC(N5CCOCC5)CC4)c3c21. The molecule has 1 aliphatic heterocycles. The third kappa shape index (κ3) is 4.28. The summed E-state index contributed by atoms with van der Waals surface area (Å²) in [7, 11) is 0. The van der Waals surface area contributed by atoms with Crippen LogP contribution in [0, 0.1) is 0 Å². The first-order valence-electron chi connectivity index (χ1n) is 11.4.